The Morgan fingerprint density at radius 1 is 1.11 bits per heavy atom. The summed E-state index contributed by atoms with van der Waals surface area (Å²) in [6.07, 6.45) is -3.08. The van der Waals surface area contributed by atoms with Crippen molar-refractivity contribution in [1.82, 2.24) is 4.98 Å². The van der Waals surface area contributed by atoms with Gasteiger partial charge in [0.1, 0.15) is 12.4 Å². The van der Waals surface area contributed by atoms with Crippen LogP contribution >= 0.6 is 0 Å². The summed E-state index contributed by atoms with van der Waals surface area (Å²) in [6, 6.07) is 11.4. The number of benzene rings is 2. The third-order valence-electron chi connectivity index (χ3n) is 3.99. The summed E-state index contributed by atoms with van der Waals surface area (Å²) in [4.78, 5) is 16.9. The molecular formula is C20H17F3N2O3. The maximum atomic E-state index is 13.1. The lowest BCUT2D eigenvalue weighted by molar-refractivity contribution is -0.137. The second-order valence-electron chi connectivity index (χ2n) is 5.88. The van der Waals surface area contributed by atoms with Crippen molar-refractivity contribution < 1.29 is 27.4 Å². The van der Waals surface area contributed by atoms with Crippen LogP contribution in [0, 0.1) is 0 Å². The number of anilines is 1. The minimum Gasteiger partial charge on any atom is -0.489 e. The zero-order chi connectivity index (χ0) is 20.1. The summed E-state index contributed by atoms with van der Waals surface area (Å²) in [5.41, 5.74) is -0.0556. The SMILES string of the molecule is COCCOc1ccc(C(F)(F)F)cc1NC(=O)c1ccnc2ccccc12. The van der Waals surface area contributed by atoms with E-state index < -0.39 is 17.6 Å². The van der Waals surface area contributed by atoms with Crippen molar-refractivity contribution in [3.8, 4) is 5.75 Å². The van der Waals surface area contributed by atoms with Crippen molar-refractivity contribution in [2.45, 2.75) is 6.18 Å². The number of halogens is 3. The summed E-state index contributed by atoms with van der Waals surface area (Å²) < 4.78 is 49.6. The molecule has 0 unspecified atom stereocenters. The molecule has 28 heavy (non-hydrogen) atoms. The summed E-state index contributed by atoms with van der Waals surface area (Å²) in [5.74, 6) is -0.439. The average Bonchev–Trinajstić information content (AvgIpc) is 2.68. The molecule has 0 radical (unpaired) electrons. The van der Waals surface area contributed by atoms with Gasteiger partial charge in [-0.15, -0.1) is 0 Å². The Kier molecular flexibility index (Phi) is 5.79. The Bertz CT molecular complexity index is 985. The molecule has 3 aromatic rings. The minimum absolute atomic E-state index is 0.0724. The Balaban J connectivity index is 1.95. The smallest absolute Gasteiger partial charge is 0.416 e. The van der Waals surface area contributed by atoms with Crippen molar-refractivity contribution in [1.29, 1.82) is 0 Å². The van der Waals surface area contributed by atoms with Gasteiger partial charge in [0.2, 0.25) is 0 Å². The van der Waals surface area contributed by atoms with Crippen LogP contribution in [0.25, 0.3) is 10.9 Å². The van der Waals surface area contributed by atoms with E-state index >= 15 is 0 Å². The first-order valence-corrected chi connectivity index (χ1v) is 8.38. The molecule has 1 aromatic heterocycles. The molecule has 1 heterocycles. The molecule has 8 heteroatoms. The van der Waals surface area contributed by atoms with Crippen LogP contribution in [-0.2, 0) is 10.9 Å². The highest BCUT2D eigenvalue weighted by Crippen LogP contribution is 2.35. The number of pyridine rings is 1. The molecule has 5 nitrogen and oxygen atoms in total. The molecule has 0 aliphatic rings. The van der Waals surface area contributed by atoms with Crippen LogP contribution in [0.15, 0.2) is 54.7 Å². The third kappa shape index (κ3) is 4.40. The first-order valence-electron chi connectivity index (χ1n) is 8.38. The zero-order valence-corrected chi connectivity index (χ0v) is 14.9. The number of hydrogen-bond donors (Lipinski definition) is 1. The standard InChI is InChI=1S/C20H17F3N2O3/c1-27-10-11-28-18-7-6-13(20(21,22)23)12-17(18)25-19(26)15-8-9-24-16-5-3-2-4-14(15)16/h2-9,12H,10-11H2,1H3,(H,25,26). The van der Waals surface area contributed by atoms with Gasteiger partial charge in [0, 0.05) is 18.7 Å². The molecule has 0 atom stereocenters. The summed E-state index contributed by atoms with van der Waals surface area (Å²) in [5, 5.41) is 3.12. The van der Waals surface area contributed by atoms with Gasteiger partial charge >= 0.3 is 6.18 Å². The molecule has 0 spiro atoms. The number of ether oxygens (including phenoxy) is 2. The van der Waals surface area contributed by atoms with E-state index in [1.807, 2.05) is 0 Å². The molecule has 0 aliphatic carbocycles. The summed E-state index contributed by atoms with van der Waals surface area (Å²) >= 11 is 0. The highest BCUT2D eigenvalue weighted by atomic mass is 19.4. The van der Waals surface area contributed by atoms with Crippen LogP contribution in [-0.4, -0.2) is 31.2 Å². The maximum Gasteiger partial charge on any atom is 0.416 e. The highest BCUT2D eigenvalue weighted by molar-refractivity contribution is 6.12. The van der Waals surface area contributed by atoms with E-state index in [2.05, 4.69) is 10.3 Å². The molecule has 2 aromatic carbocycles. The van der Waals surface area contributed by atoms with Crippen LogP contribution in [0.3, 0.4) is 0 Å². The van der Waals surface area contributed by atoms with Crippen molar-refractivity contribution >= 4 is 22.5 Å². The lowest BCUT2D eigenvalue weighted by atomic mass is 10.1. The Hall–Kier alpha value is -3.13. The van der Waals surface area contributed by atoms with E-state index in [0.717, 1.165) is 12.1 Å². The first-order chi connectivity index (χ1) is 13.4. The van der Waals surface area contributed by atoms with Gasteiger partial charge in [-0.05, 0) is 30.3 Å². The normalized spacial score (nSPS) is 11.4. The van der Waals surface area contributed by atoms with Crippen molar-refractivity contribution in [2.75, 3.05) is 25.6 Å². The van der Waals surface area contributed by atoms with Gasteiger partial charge in [-0.1, -0.05) is 18.2 Å². The fourth-order valence-corrected chi connectivity index (χ4v) is 2.65. The number of para-hydroxylation sites is 1. The van der Waals surface area contributed by atoms with Gasteiger partial charge in [0.15, 0.2) is 0 Å². The predicted molar refractivity (Wildman–Crippen MR) is 98.5 cm³/mol. The monoisotopic (exact) mass is 390 g/mol. The van der Waals surface area contributed by atoms with Crippen molar-refractivity contribution in [3.05, 3.63) is 65.9 Å². The highest BCUT2D eigenvalue weighted by Gasteiger charge is 2.31. The molecule has 3 rings (SSSR count). The van der Waals surface area contributed by atoms with Crippen LogP contribution < -0.4 is 10.1 Å². The molecule has 146 valence electrons. The average molecular weight is 390 g/mol. The van der Waals surface area contributed by atoms with E-state index in [1.54, 1.807) is 24.3 Å². The fraction of sp³-hybridized carbons (Fsp3) is 0.200. The number of carbonyl (C=O) groups excluding carboxylic acids is 1. The molecule has 0 saturated carbocycles. The number of methoxy groups -OCH3 is 1. The number of aromatic nitrogens is 1. The first kappa shape index (κ1) is 19.6. The Morgan fingerprint density at radius 3 is 2.64 bits per heavy atom. The minimum atomic E-state index is -4.55. The van der Waals surface area contributed by atoms with E-state index in [4.69, 9.17) is 9.47 Å². The largest absolute Gasteiger partial charge is 0.489 e. The van der Waals surface area contributed by atoms with Gasteiger partial charge in [-0.3, -0.25) is 9.78 Å². The van der Waals surface area contributed by atoms with E-state index in [0.29, 0.717) is 16.5 Å². The third-order valence-corrected chi connectivity index (χ3v) is 3.99. The lowest BCUT2D eigenvalue weighted by Gasteiger charge is -2.15. The zero-order valence-electron chi connectivity index (χ0n) is 14.9. The summed E-state index contributed by atoms with van der Waals surface area (Å²) in [7, 11) is 1.48. The molecular weight excluding hydrogens is 373 g/mol. The number of hydrogen-bond acceptors (Lipinski definition) is 4. The van der Waals surface area contributed by atoms with E-state index in [1.165, 1.54) is 25.4 Å². The predicted octanol–water partition coefficient (Wildman–Crippen LogP) is 4.53. The summed E-state index contributed by atoms with van der Waals surface area (Å²) in [6.45, 7) is 0.381. The van der Waals surface area contributed by atoms with Gasteiger partial charge in [0.25, 0.3) is 5.91 Å². The molecule has 0 fully saturated rings. The number of fused-ring (bicyclic) bond motifs is 1. The second-order valence-corrected chi connectivity index (χ2v) is 5.88. The van der Waals surface area contributed by atoms with Gasteiger partial charge in [-0.25, -0.2) is 0 Å². The van der Waals surface area contributed by atoms with Crippen LogP contribution in [0.2, 0.25) is 0 Å². The topological polar surface area (TPSA) is 60.5 Å². The number of nitrogens with zero attached hydrogens (tertiary/aromatic N) is 1. The van der Waals surface area contributed by atoms with Gasteiger partial charge < -0.3 is 14.8 Å². The number of rotatable bonds is 6. The number of amides is 1. The van der Waals surface area contributed by atoms with Crippen molar-refractivity contribution in [2.24, 2.45) is 0 Å². The van der Waals surface area contributed by atoms with E-state index in [-0.39, 0.29) is 24.7 Å². The van der Waals surface area contributed by atoms with Crippen molar-refractivity contribution in [3.63, 3.8) is 0 Å². The molecule has 1 amide bonds. The van der Waals surface area contributed by atoms with E-state index in [9.17, 15) is 18.0 Å². The number of alkyl halides is 3. The quantitative estimate of drug-likeness (QED) is 0.628. The lowest BCUT2D eigenvalue weighted by Crippen LogP contribution is -2.16. The van der Waals surface area contributed by atoms with Crippen LogP contribution in [0.1, 0.15) is 15.9 Å². The van der Waals surface area contributed by atoms with Gasteiger partial charge in [-0.2, -0.15) is 13.2 Å². The van der Waals surface area contributed by atoms with Crippen LogP contribution in [0.4, 0.5) is 18.9 Å². The molecule has 0 aliphatic heterocycles. The maximum absolute atomic E-state index is 13.1. The molecule has 0 saturated heterocycles. The fourth-order valence-electron chi connectivity index (χ4n) is 2.65. The Morgan fingerprint density at radius 2 is 1.89 bits per heavy atom. The Labute approximate surface area is 159 Å². The van der Waals surface area contributed by atoms with Crippen LogP contribution in [0.5, 0.6) is 5.75 Å². The second kappa shape index (κ2) is 8.26. The van der Waals surface area contributed by atoms with Gasteiger partial charge in [0.05, 0.1) is 28.9 Å². The number of carbonyl (C=O) groups is 1. The number of nitrogens with one attached hydrogen (secondary N) is 1. The molecule has 1 N–H and O–H groups in total. The molecule has 0 bridgehead atoms.